The number of halogens is 1. The fraction of sp³-hybridized carbons (Fsp3) is 0.345. The van der Waals surface area contributed by atoms with E-state index in [-0.39, 0.29) is 11.0 Å². The van der Waals surface area contributed by atoms with E-state index >= 15 is 0 Å². The molecular formula is C29H28FN9O2. The second kappa shape index (κ2) is 10.1. The highest BCUT2D eigenvalue weighted by Gasteiger charge is 2.53. The van der Waals surface area contributed by atoms with Crippen molar-refractivity contribution in [3.63, 3.8) is 0 Å². The summed E-state index contributed by atoms with van der Waals surface area (Å²) in [5.74, 6) is -1.62. The van der Waals surface area contributed by atoms with Gasteiger partial charge in [0, 0.05) is 35.1 Å². The molecular weight excluding hydrogens is 525 g/mol. The number of hydrogen-bond acceptors (Lipinski definition) is 9. The number of hydrogen-bond donors (Lipinski definition) is 3. The van der Waals surface area contributed by atoms with Gasteiger partial charge in [-0.3, -0.25) is 4.98 Å². The summed E-state index contributed by atoms with van der Waals surface area (Å²) in [7, 11) is 0. The molecule has 1 atom stereocenters. The molecule has 41 heavy (non-hydrogen) atoms. The Bertz CT molecular complexity index is 1760. The Labute approximate surface area is 235 Å². The largest absolute Gasteiger partial charge is 0.479 e. The van der Waals surface area contributed by atoms with E-state index in [9.17, 15) is 24.8 Å². The van der Waals surface area contributed by atoms with Gasteiger partial charge in [0.25, 0.3) is 0 Å². The molecule has 3 heterocycles. The van der Waals surface area contributed by atoms with Crippen molar-refractivity contribution in [3.05, 3.63) is 70.7 Å². The van der Waals surface area contributed by atoms with Crippen molar-refractivity contribution in [1.29, 1.82) is 10.5 Å². The van der Waals surface area contributed by atoms with E-state index in [0.29, 0.717) is 64.2 Å². The van der Waals surface area contributed by atoms with E-state index in [4.69, 9.17) is 0 Å². The molecule has 5 rings (SSSR count). The lowest BCUT2D eigenvalue weighted by Gasteiger charge is -2.23. The predicted molar refractivity (Wildman–Crippen MR) is 148 cm³/mol. The highest BCUT2D eigenvalue weighted by Crippen LogP contribution is 2.43. The molecule has 3 N–H and O–H groups in total. The van der Waals surface area contributed by atoms with Crippen molar-refractivity contribution in [3.8, 4) is 12.1 Å². The Morgan fingerprint density at radius 1 is 1.22 bits per heavy atom. The molecule has 1 fully saturated rings. The second-order valence-corrected chi connectivity index (χ2v) is 11.4. The first-order valence-corrected chi connectivity index (χ1v) is 13.0. The van der Waals surface area contributed by atoms with Gasteiger partial charge in [0.2, 0.25) is 5.95 Å². The van der Waals surface area contributed by atoms with Gasteiger partial charge in [0.1, 0.15) is 17.8 Å². The van der Waals surface area contributed by atoms with Gasteiger partial charge < -0.3 is 15.7 Å². The van der Waals surface area contributed by atoms with Crippen LogP contribution in [0, 0.1) is 40.9 Å². The van der Waals surface area contributed by atoms with Gasteiger partial charge in [-0.05, 0) is 43.4 Å². The van der Waals surface area contributed by atoms with Gasteiger partial charge in [-0.25, -0.2) is 14.5 Å². The zero-order valence-corrected chi connectivity index (χ0v) is 23.0. The Morgan fingerprint density at radius 3 is 2.56 bits per heavy atom. The van der Waals surface area contributed by atoms with Gasteiger partial charge in [0.05, 0.1) is 34.6 Å². The van der Waals surface area contributed by atoms with Crippen molar-refractivity contribution in [2.75, 3.05) is 17.2 Å². The lowest BCUT2D eigenvalue weighted by atomic mass is 9.96. The smallest absolute Gasteiger partial charge is 0.331 e. The Balaban J connectivity index is 1.64. The van der Waals surface area contributed by atoms with Crippen molar-refractivity contribution < 1.29 is 14.3 Å². The lowest BCUT2D eigenvalue weighted by Crippen LogP contribution is -2.27. The molecule has 11 nitrogen and oxygen atoms in total. The summed E-state index contributed by atoms with van der Waals surface area (Å²) in [5.41, 5.74) is 2.29. The average Bonchev–Trinajstić information content (AvgIpc) is 3.60. The fourth-order valence-electron chi connectivity index (χ4n) is 4.70. The van der Waals surface area contributed by atoms with Crippen LogP contribution in [0.3, 0.4) is 0 Å². The molecule has 12 heteroatoms. The molecule has 0 radical (unpaired) electrons. The van der Waals surface area contributed by atoms with E-state index in [1.54, 1.807) is 31.3 Å². The molecule has 1 aliphatic carbocycles. The van der Waals surface area contributed by atoms with Crippen LogP contribution < -0.4 is 10.6 Å². The number of aromatic nitrogens is 5. The minimum atomic E-state index is -1.13. The Hall–Kier alpha value is -5.10. The number of aliphatic carboxylic acids is 1. The van der Waals surface area contributed by atoms with Crippen molar-refractivity contribution in [1.82, 2.24) is 25.0 Å². The fourth-order valence-corrected chi connectivity index (χ4v) is 4.70. The van der Waals surface area contributed by atoms with Gasteiger partial charge in [0.15, 0.2) is 5.54 Å². The van der Waals surface area contributed by atoms with Gasteiger partial charge >= 0.3 is 5.97 Å². The van der Waals surface area contributed by atoms with E-state index in [2.05, 4.69) is 63.8 Å². The molecule has 0 bridgehead atoms. The molecule has 0 spiro atoms. The first-order chi connectivity index (χ1) is 19.5. The van der Waals surface area contributed by atoms with Crippen LogP contribution in [-0.2, 0) is 10.3 Å². The van der Waals surface area contributed by atoms with Gasteiger partial charge in [-0.15, -0.1) is 5.10 Å². The quantitative estimate of drug-likeness (QED) is 0.262. The normalized spacial score (nSPS) is 14.6. The molecule has 1 saturated carbocycles. The zero-order valence-electron chi connectivity index (χ0n) is 23.0. The summed E-state index contributed by atoms with van der Waals surface area (Å²) in [6, 6.07) is 9.89. The van der Waals surface area contributed by atoms with Crippen LogP contribution in [0.25, 0.3) is 10.9 Å². The molecule has 208 valence electrons. The Morgan fingerprint density at radius 2 is 1.95 bits per heavy atom. The van der Waals surface area contributed by atoms with Gasteiger partial charge in [-0.1, -0.05) is 32.1 Å². The van der Waals surface area contributed by atoms with E-state index in [1.807, 2.05) is 0 Å². The summed E-state index contributed by atoms with van der Waals surface area (Å²) in [6.07, 6.45) is 3.90. The summed E-state index contributed by atoms with van der Waals surface area (Å²) in [5, 5.41) is 45.2. The number of fused-ring (bicyclic) bond motifs is 1. The average molecular weight is 554 g/mol. The highest BCUT2D eigenvalue weighted by molar-refractivity contribution is 5.99. The summed E-state index contributed by atoms with van der Waals surface area (Å²) < 4.78 is 15.3. The number of anilines is 2. The van der Waals surface area contributed by atoms with Crippen LogP contribution in [0.1, 0.15) is 67.7 Å². The number of carboxylic acid groups (broad SMARTS) is 1. The minimum absolute atomic E-state index is 0.0882. The molecule has 0 amide bonds. The monoisotopic (exact) mass is 553 g/mol. The van der Waals surface area contributed by atoms with E-state index < -0.39 is 23.5 Å². The van der Waals surface area contributed by atoms with Crippen LogP contribution in [0.15, 0.2) is 36.7 Å². The first kappa shape index (κ1) is 27.5. The number of nitriles is 2. The number of pyridine rings is 2. The SMILES string of the molecule is Cc1nc(F)ccc1[C@H](Nc1cc(C#N)c2ncc(C#N)c(NCC(C)(C)C)c2c1)c1cn(C2(C(=O)O)CC2)nn1. The van der Waals surface area contributed by atoms with Gasteiger partial charge in [-0.2, -0.15) is 14.9 Å². The number of aryl methyl sites for hydroxylation is 1. The maximum absolute atomic E-state index is 13.9. The highest BCUT2D eigenvalue weighted by atomic mass is 19.1. The maximum Gasteiger partial charge on any atom is 0.331 e. The first-order valence-electron chi connectivity index (χ1n) is 13.0. The molecule has 3 aromatic heterocycles. The number of nitrogens with zero attached hydrogens (tertiary/aromatic N) is 7. The third kappa shape index (κ3) is 5.24. The molecule has 0 saturated heterocycles. The summed E-state index contributed by atoms with van der Waals surface area (Å²) >= 11 is 0. The second-order valence-electron chi connectivity index (χ2n) is 11.4. The van der Waals surface area contributed by atoms with Crippen LogP contribution in [0.2, 0.25) is 0 Å². The predicted octanol–water partition coefficient (Wildman–Crippen LogP) is 4.65. The number of carboxylic acids is 1. The minimum Gasteiger partial charge on any atom is -0.479 e. The van der Waals surface area contributed by atoms with Crippen molar-refractivity contribution >= 4 is 28.2 Å². The third-order valence-electron chi connectivity index (χ3n) is 7.09. The topological polar surface area (TPSA) is 165 Å². The van der Waals surface area contributed by atoms with Crippen molar-refractivity contribution in [2.24, 2.45) is 5.41 Å². The zero-order chi connectivity index (χ0) is 29.5. The number of rotatable bonds is 8. The number of carbonyl (C=O) groups is 1. The molecule has 1 aromatic carbocycles. The molecule has 4 aromatic rings. The molecule has 1 aliphatic rings. The van der Waals surface area contributed by atoms with E-state index in [1.165, 1.54) is 16.9 Å². The molecule has 0 aliphatic heterocycles. The standard InChI is InChI=1S/C29H28FN9O2/c1-16-20(5-6-23(30)35-16)26(22-14-39(38-37-22)29(7-8-29)27(40)41)36-19-9-17(11-31)24-21(10-19)25(18(12-32)13-33-24)34-15-28(2,3)4/h5-6,9-10,13-14,26,36H,7-8,15H2,1-4H3,(H,33,34)(H,40,41)/t26-/m0/s1. The van der Waals surface area contributed by atoms with Crippen LogP contribution in [-0.4, -0.2) is 42.6 Å². The molecule has 0 unspecified atom stereocenters. The maximum atomic E-state index is 13.9. The van der Waals surface area contributed by atoms with Crippen molar-refractivity contribution in [2.45, 2.75) is 52.1 Å². The number of nitrogens with one attached hydrogen (secondary N) is 2. The number of benzene rings is 1. The van der Waals surface area contributed by atoms with E-state index in [0.717, 1.165) is 0 Å². The van der Waals surface area contributed by atoms with Crippen LogP contribution >= 0.6 is 0 Å². The summed E-state index contributed by atoms with van der Waals surface area (Å²) in [6.45, 7) is 8.43. The van der Waals surface area contributed by atoms with Crippen LogP contribution in [0.5, 0.6) is 0 Å². The summed E-state index contributed by atoms with van der Waals surface area (Å²) in [4.78, 5) is 20.2. The van der Waals surface area contributed by atoms with Crippen LogP contribution in [0.4, 0.5) is 15.8 Å². The lowest BCUT2D eigenvalue weighted by molar-refractivity contribution is -0.142. The Kier molecular flexibility index (Phi) is 6.79. The third-order valence-corrected chi connectivity index (χ3v) is 7.09.